The summed E-state index contributed by atoms with van der Waals surface area (Å²) in [6, 6.07) is 10.7. The number of ether oxygens (including phenoxy) is 1. The Hall–Kier alpha value is -1.77. The van der Waals surface area contributed by atoms with E-state index < -0.39 is 16.4 Å². The summed E-state index contributed by atoms with van der Waals surface area (Å²) < 4.78 is 66.6. The molecule has 160 valence electrons. The van der Waals surface area contributed by atoms with E-state index in [4.69, 9.17) is 17.3 Å². The van der Waals surface area contributed by atoms with E-state index in [-0.39, 0.29) is 53.7 Å². The maximum absolute atomic E-state index is 12.1. The van der Waals surface area contributed by atoms with Gasteiger partial charge in [0.2, 0.25) is 10.0 Å². The zero-order chi connectivity index (χ0) is 20.8. The number of sulfonamides is 1. The molecule has 7 nitrogen and oxygen atoms in total. The van der Waals surface area contributed by atoms with Crippen LogP contribution in [0.4, 0.5) is 18.9 Å². The van der Waals surface area contributed by atoms with Crippen LogP contribution in [0, 0.1) is 0 Å². The van der Waals surface area contributed by atoms with Crippen LogP contribution in [0.3, 0.4) is 0 Å². The molecular weight excluding hydrogens is 548 g/mol. The van der Waals surface area contributed by atoms with E-state index >= 15 is 0 Å². The normalized spacial score (nSPS) is 12.2. The van der Waals surface area contributed by atoms with Crippen molar-refractivity contribution >= 4 is 57.2 Å². The van der Waals surface area contributed by atoms with Crippen molar-refractivity contribution in [3.05, 3.63) is 53.6 Å². The van der Waals surface area contributed by atoms with E-state index in [1.807, 2.05) is 0 Å². The van der Waals surface area contributed by atoms with Crippen molar-refractivity contribution in [2.24, 2.45) is 10.7 Å². The number of halogens is 5. The van der Waals surface area contributed by atoms with Crippen LogP contribution >= 0.6 is 35.6 Å². The number of rotatable bonds is 7. The molecule has 4 N–H and O–H groups in total. The molecule has 29 heavy (non-hydrogen) atoms. The van der Waals surface area contributed by atoms with Crippen molar-refractivity contribution < 1.29 is 26.3 Å². The van der Waals surface area contributed by atoms with Gasteiger partial charge in [-0.1, -0.05) is 17.7 Å². The minimum atomic E-state index is -4.77. The van der Waals surface area contributed by atoms with Gasteiger partial charge >= 0.3 is 6.36 Å². The number of benzene rings is 2. The van der Waals surface area contributed by atoms with Crippen LogP contribution in [0.25, 0.3) is 0 Å². The first-order valence-corrected chi connectivity index (χ1v) is 9.59. The molecule has 0 amide bonds. The smallest absolute Gasteiger partial charge is 0.406 e. The molecule has 0 aromatic heterocycles. The van der Waals surface area contributed by atoms with E-state index in [9.17, 15) is 21.6 Å². The fourth-order valence-electron chi connectivity index (χ4n) is 2.00. The molecule has 13 heteroatoms. The second kappa shape index (κ2) is 10.8. The fourth-order valence-corrected chi connectivity index (χ4v) is 3.32. The number of nitrogens with one attached hydrogen (secondary N) is 2. The molecule has 0 saturated carbocycles. The van der Waals surface area contributed by atoms with Gasteiger partial charge in [0.25, 0.3) is 0 Å². The molecule has 0 heterocycles. The summed E-state index contributed by atoms with van der Waals surface area (Å²) in [6.07, 6.45) is -4.77. The lowest BCUT2D eigenvalue weighted by atomic mass is 10.3. The number of hydrogen-bond acceptors (Lipinski definition) is 4. The van der Waals surface area contributed by atoms with Crippen molar-refractivity contribution in [2.75, 3.05) is 18.4 Å². The van der Waals surface area contributed by atoms with Crippen LogP contribution in [-0.2, 0) is 10.0 Å². The summed E-state index contributed by atoms with van der Waals surface area (Å²) in [4.78, 5) is 3.96. The van der Waals surface area contributed by atoms with E-state index in [1.165, 1.54) is 30.3 Å². The van der Waals surface area contributed by atoms with E-state index in [2.05, 4.69) is 19.8 Å². The molecule has 0 unspecified atom stereocenters. The number of alkyl halides is 3. The van der Waals surface area contributed by atoms with Gasteiger partial charge in [-0.15, -0.1) is 37.1 Å². The fraction of sp³-hybridized carbons (Fsp3) is 0.188. The zero-order valence-electron chi connectivity index (χ0n) is 14.6. The van der Waals surface area contributed by atoms with E-state index in [0.717, 1.165) is 12.1 Å². The number of anilines is 1. The maximum Gasteiger partial charge on any atom is 0.573 e. The molecule has 0 aliphatic rings. The Morgan fingerprint density at radius 3 is 2.41 bits per heavy atom. The Morgan fingerprint density at radius 2 is 1.83 bits per heavy atom. The maximum atomic E-state index is 12.1. The minimum Gasteiger partial charge on any atom is -0.406 e. The molecule has 2 aromatic rings. The van der Waals surface area contributed by atoms with Crippen LogP contribution < -0.4 is 20.5 Å². The van der Waals surface area contributed by atoms with Gasteiger partial charge in [0.05, 0.1) is 11.4 Å². The topological polar surface area (TPSA) is 106 Å². The standard InChI is InChI=1S/C16H16ClF3N4O3S.HI/c17-11-2-1-3-14(10-11)28(25,26)23-9-8-22-15(21)24-12-4-6-13(7-5-12)27-16(18,19)20;/h1-7,10,23H,8-9H2,(H3,21,22,24);1H. The lowest BCUT2D eigenvalue weighted by Crippen LogP contribution is -2.28. The lowest BCUT2D eigenvalue weighted by molar-refractivity contribution is -0.274. The zero-order valence-corrected chi connectivity index (χ0v) is 18.5. The summed E-state index contributed by atoms with van der Waals surface area (Å²) in [5.74, 6) is -0.407. The van der Waals surface area contributed by atoms with Crippen molar-refractivity contribution in [2.45, 2.75) is 11.3 Å². The first kappa shape index (κ1) is 25.3. The average molecular weight is 565 g/mol. The monoisotopic (exact) mass is 564 g/mol. The van der Waals surface area contributed by atoms with E-state index in [0.29, 0.717) is 10.7 Å². The van der Waals surface area contributed by atoms with Crippen LogP contribution in [-0.4, -0.2) is 33.8 Å². The molecule has 0 saturated heterocycles. The third-order valence-electron chi connectivity index (χ3n) is 3.15. The predicted molar refractivity (Wildman–Crippen MR) is 115 cm³/mol. The third-order valence-corrected chi connectivity index (χ3v) is 4.85. The van der Waals surface area contributed by atoms with Crippen LogP contribution in [0.5, 0.6) is 5.75 Å². The molecule has 2 rings (SSSR count). The van der Waals surface area contributed by atoms with Crippen molar-refractivity contribution in [1.29, 1.82) is 0 Å². The Labute approximate surface area is 187 Å². The van der Waals surface area contributed by atoms with Crippen LogP contribution in [0.2, 0.25) is 5.02 Å². The first-order valence-electron chi connectivity index (χ1n) is 7.73. The number of hydrogen-bond donors (Lipinski definition) is 3. The molecule has 0 spiro atoms. The first-order chi connectivity index (χ1) is 13.0. The highest BCUT2D eigenvalue weighted by atomic mass is 127. The van der Waals surface area contributed by atoms with Gasteiger partial charge < -0.3 is 15.8 Å². The Bertz CT molecular complexity index is 941. The Morgan fingerprint density at radius 1 is 1.17 bits per heavy atom. The summed E-state index contributed by atoms with van der Waals surface area (Å²) in [5, 5.41) is 2.96. The molecule has 0 aliphatic carbocycles. The van der Waals surface area contributed by atoms with Crippen LogP contribution in [0.15, 0.2) is 58.4 Å². The summed E-state index contributed by atoms with van der Waals surface area (Å²) in [5.41, 5.74) is 6.04. The van der Waals surface area contributed by atoms with Crippen molar-refractivity contribution in [1.82, 2.24) is 4.72 Å². The van der Waals surface area contributed by atoms with Crippen molar-refractivity contribution in [3.63, 3.8) is 0 Å². The third kappa shape index (κ3) is 9.06. The predicted octanol–water partition coefficient (Wildman–Crippen LogP) is 3.56. The van der Waals surface area contributed by atoms with Gasteiger partial charge in [-0.25, -0.2) is 13.1 Å². The highest BCUT2D eigenvalue weighted by Crippen LogP contribution is 2.23. The minimum absolute atomic E-state index is 0. The van der Waals surface area contributed by atoms with Gasteiger partial charge in [-0.05, 0) is 42.5 Å². The summed E-state index contributed by atoms with van der Waals surface area (Å²) >= 11 is 5.77. The second-order valence-corrected chi connectivity index (χ2v) is 7.52. The highest BCUT2D eigenvalue weighted by molar-refractivity contribution is 14.0. The Balaban J connectivity index is 0.00000420. The summed E-state index contributed by atoms with van der Waals surface area (Å²) in [7, 11) is -3.73. The number of nitrogens with two attached hydrogens (primary N) is 1. The SMILES string of the molecule is I.NC(=NCCNS(=O)(=O)c1cccc(Cl)c1)Nc1ccc(OC(F)(F)F)cc1. The number of nitrogens with zero attached hydrogens (tertiary/aromatic N) is 1. The molecule has 2 aromatic carbocycles. The van der Waals surface area contributed by atoms with Gasteiger partial charge in [0.1, 0.15) is 5.75 Å². The number of aliphatic imine (C=N–C) groups is 1. The summed E-state index contributed by atoms with van der Waals surface area (Å²) in [6.45, 7) is 0.0173. The molecular formula is C16H17ClF3IN4O3S. The second-order valence-electron chi connectivity index (χ2n) is 5.32. The largest absolute Gasteiger partial charge is 0.573 e. The van der Waals surface area contributed by atoms with Gasteiger partial charge in [-0.3, -0.25) is 4.99 Å². The quantitative estimate of drug-likeness (QED) is 0.206. The van der Waals surface area contributed by atoms with Gasteiger partial charge in [-0.2, -0.15) is 0 Å². The molecule has 0 radical (unpaired) electrons. The lowest BCUT2D eigenvalue weighted by Gasteiger charge is -2.10. The van der Waals surface area contributed by atoms with Crippen molar-refractivity contribution in [3.8, 4) is 5.75 Å². The molecule has 0 bridgehead atoms. The van der Waals surface area contributed by atoms with Gasteiger partial charge in [0.15, 0.2) is 5.96 Å². The molecule has 0 aliphatic heterocycles. The number of guanidine groups is 1. The van der Waals surface area contributed by atoms with Gasteiger partial charge in [0, 0.05) is 17.3 Å². The van der Waals surface area contributed by atoms with Crippen LogP contribution in [0.1, 0.15) is 0 Å². The Kier molecular flexibility index (Phi) is 9.45. The highest BCUT2D eigenvalue weighted by Gasteiger charge is 2.30. The molecule has 0 fully saturated rings. The molecule has 0 atom stereocenters. The average Bonchev–Trinajstić information content (AvgIpc) is 2.59. The van der Waals surface area contributed by atoms with E-state index in [1.54, 1.807) is 6.07 Å².